The van der Waals surface area contributed by atoms with Crippen LogP contribution < -0.4 is 4.90 Å². The Hall–Kier alpha value is -1.66. The molecule has 0 unspecified atom stereocenters. The van der Waals surface area contributed by atoms with Crippen LogP contribution in [0.2, 0.25) is 0 Å². The third-order valence-electron chi connectivity index (χ3n) is 3.75. The molecule has 1 aliphatic rings. The highest BCUT2D eigenvalue weighted by Crippen LogP contribution is 2.26. The van der Waals surface area contributed by atoms with Gasteiger partial charge in [0.1, 0.15) is 6.61 Å². The molecule has 23 heavy (non-hydrogen) atoms. The maximum atomic E-state index is 11.6. The van der Waals surface area contributed by atoms with Crippen molar-refractivity contribution in [3.8, 4) is 0 Å². The molecule has 1 fully saturated rings. The second-order valence-corrected chi connectivity index (χ2v) is 6.84. The first-order valence-corrected chi connectivity index (χ1v) is 7.90. The zero-order valence-corrected chi connectivity index (χ0v) is 14.7. The van der Waals surface area contributed by atoms with Gasteiger partial charge in [-0.25, -0.2) is 0 Å². The quantitative estimate of drug-likeness (QED) is 0.822. The molecule has 0 radical (unpaired) electrons. The van der Waals surface area contributed by atoms with Crippen LogP contribution in [-0.4, -0.2) is 67.9 Å². The number of ether oxygens (including phenoxy) is 2. The second-order valence-electron chi connectivity index (χ2n) is 6.84. The average molecular weight is 321 g/mol. The molecule has 6 heteroatoms. The summed E-state index contributed by atoms with van der Waals surface area (Å²) < 4.78 is 11.6. The average Bonchev–Trinajstić information content (AvgIpc) is 2.45. The molecule has 1 saturated heterocycles. The molecule has 0 bridgehead atoms. The summed E-state index contributed by atoms with van der Waals surface area (Å²) in [6, 6.07) is 4.09. The van der Waals surface area contributed by atoms with E-state index in [1.165, 1.54) is 4.90 Å². The van der Waals surface area contributed by atoms with Crippen molar-refractivity contribution >= 4 is 11.6 Å². The number of hydrogen-bond acceptors (Lipinski definition) is 5. The van der Waals surface area contributed by atoms with Crippen LogP contribution in [0.3, 0.4) is 0 Å². The summed E-state index contributed by atoms with van der Waals surface area (Å²) in [7, 11) is 3.44. The largest absolute Gasteiger partial charge is 0.369 e. The zero-order chi connectivity index (χ0) is 17.0. The van der Waals surface area contributed by atoms with E-state index in [4.69, 9.17) is 9.47 Å². The van der Waals surface area contributed by atoms with Crippen LogP contribution in [0.4, 0.5) is 5.69 Å². The molecule has 0 N–H and O–H groups in total. The van der Waals surface area contributed by atoms with E-state index in [-0.39, 0.29) is 24.2 Å². The van der Waals surface area contributed by atoms with Gasteiger partial charge in [0.15, 0.2) is 0 Å². The number of likely N-dealkylation sites (N-methyl/N-ethyl adjacent to an activating group) is 1. The fourth-order valence-electron chi connectivity index (χ4n) is 2.71. The predicted octanol–water partition coefficient (Wildman–Crippen LogP) is 1.48. The summed E-state index contributed by atoms with van der Waals surface area (Å²) in [5.41, 5.74) is 1.87. The van der Waals surface area contributed by atoms with Gasteiger partial charge in [-0.3, -0.25) is 9.78 Å². The number of nitrogens with zero attached hydrogens (tertiary/aromatic N) is 3. The van der Waals surface area contributed by atoms with Gasteiger partial charge >= 0.3 is 0 Å². The fraction of sp³-hybridized carbons (Fsp3) is 0.647. The van der Waals surface area contributed by atoms with Crippen LogP contribution in [0.25, 0.3) is 0 Å². The zero-order valence-electron chi connectivity index (χ0n) is 14.7. The van der Waals surface area contributed by atoms with Crippen LogP contribution in [0.5, 0.6) is 0 Å². The molecule has 6 nitrogen and oxygen atoms in total. The van der Waals surface area contributed by atoms with Crippen LogP contribution in [-0.2, 0) is 14.3 Å². The molecule has 1 aromatic rings. The number of hydrogen-bond donors (Lipinski definition) is 0. The molecule has 1 atom stereocenters. The second kappa shape index (κ2) is 7.27. The van der Waals surface area contributed by atoms with Crippen molar-refractivity contribution in [1.82, 2.24) is 9.88 Å². The van der Waals surface area contributed by atoms with Gasteiger partial charge in [0, 0.05) is 44.8 Å². The van der Waals surface area contributed by atoms with E-state index in [0.717, 1.165) is 24.5 Å². The van der Waals surface area contributed by atoms with E-state index in [9.17, 15) is 4.79 Å². The molecule has 0 spiro atoms. The number of anilines is 1. The maximum Gasteiger partial charge on any atom is 0.248 e. The minimum absolute atomic E-state index is 0.0401. The number of carbonyl (C=O) groups is 1. The van der Waals surface area contributed by atoms with E-state index in [1.807, 2.05) is 19.2 Å². The van der Waals surface area contributed by atoms with Crippen molar-refractivity contribution in [1.29, 1.82) is 0 Å². The standard InChI is InChI=1S/C17H27N3O3/c1-13-8-14(6-7-18-13)20-9-15(23-17(2,3)12-20)10-22-11-16(21)19(4)5/h6-8,15H,9-12H2,1-5H3/t15-/m1/s1. The summed E-state index contributed by atoms with van der Waals surface area (Å²) in [6.07, 6.45) is 1.76. The molecule has 1 amide bonds. The van der Waals surface area contributed by atoms with Crippen LogP contribution in [0, 0.1) is 6.92 Å². The first kappa shape index (κ1) is 17.7. The number of aromatic nitrogens is 1. The molecule has 0 aromatic carbocycles. The summed E-state index contributed by atoms with van der Waals surface area (Å²) in [5.74, 6) is -0.0401. The number of amides is 1. The number of aryl methyl sites for hydroxylation is 1. The molecular formula is C17H27N3O3. The van der Waals surface area contributed by atoms with Gasteiger partial charge in [0.25, 0.3) is 0 Å². The number of pyridine rings is 1. The van der Waals surface area contributed by atoms with Crippen molar-refractivity contribution in [2.24, 2.45) is 0 Å². The third kappa shape index (κ3) is 5.18. The summed E-state index contributed by atoms with van der Waals surface area (Å²) >= 11 is 0. The minimum Gasteiger partial charge on any atom is -0.369 e. The van der Waals surface area contributed by atoms with Gasteiger partial charge in [-0.1, -0.05) is 0 Å². The van der Waals surface area contributed by atoms with Crippen molar-refractivity contribution in [3.63, 3.8) is 0 Å². The van der Waals surface area contributed by atoms with E-state index in [2.05, 4.69) is 29.8 Å². The summed E-state index contributed by atoms with van der Waals surface area (Å²) in [4.78, 5) is 19.6. The minimum atomic E-state index is -0.269. The van der Waals surface area contributed by atoms with E-state index < -0.39 is 0 Å². The van der Waals surface area contributed by atoms with Crippen molar-refractivity contribution in [2.75, 3.05) is 45.3 Å². The van der Waals surface area contributed by atoms with Crippen molar-refractivity contribution in [3.05, 3.63) is 24.0 Å². The van der Waals surface area contributed by atoms with Crippen molar-refractivity contribution < 1.29 is 14.3 Å². The van der Waals surface area contributed by atoms with E-state index >= 15 is 0 Å². The summed E-state index contributed by atoms with van der Waals surface area (Å²) in [5, 5.41) is 0. The molecule has 2 rings (SSSR count). The van der Waals surface area contributed by atoms with E-state index in [0.29, 0.717) is 6.61 Å². The Morgan fingerprint density at radius 2 is 2.26 bits per heavy atom. The Balaban J connectivity index is 1.97. The van der Waals surface area contributed by atoms with Crippen molar-refractivity contribution in [2.45, 2.75) is 32.5 Å². The first-order chi connectivity index (χ1) is 10.8. The highest BCUT2D eigenvalue weighted by Gasteiger charge is 2.33. The van der Waals surface area contributed by atoms with Crippen LogP contribution >= 0.6 is 0 Å². The highest BCUT2D eigenvalue weighted by atomic mass is 16.5. The van der Waals surface area contributed by atoms with Gasteiger partial charge in [0.05, 0.1) is 18.3 Å². The Bertz CT molecular complexity index is 546. The third-order valence-corrected chi connectivity index (χ3v) is 3.75. The van der Waals surface area contributed by atoms with Gasteiger partial charge in [0.2, 0.25) is 5.91 Å². The normalized spacial score (nSPS) is 20.4. The molecule has 2 heterocycles. The molecular weight excluding hydrogens is 294 g/mol. The Labute approximate surface area is 138 Å². The Morgan fingerprint density at radius 3 is 2.91 bits per heavy atom. The highest BCUT2D eigenvalue weighted by molar-refractivity contribution is 5.76. The van der Waals surface area contributed by atoms with E-state index in [1.54, 1.807) is 14.1 Å². The molecule has 0 aliphatic carbocycles. The molecule has 0 saturated carbocycles. The molecule has 1 aliphatic heterocycles. The van der Waals surface area contributed by atoms with Crippen LogP contribution in [0.1, 0.15) is 19.5 Å². The SMILES string of the molecule is Cc1cc(N2C[C@H](COCC(=O)N(C)C)OC(C)(C)C2)ccn1. The number of morpholine rings is 1. The number of rotatable bonds is 5. The Morgan fingerprint density at radius 1 is 1.52 bits per heavy atom. The fourth-order valence-corrected chi connectivity index (χ4v) is 2.71. The summed E-state index contributed by atoms with van der Waals surface area (Å²) in [6.45, 7) is 8.18. The lowest BCUT2D eigenvalue weighted by Crippen LogP contribution is -2.54. The van der Waals surface area contributed by atoms with Gasteiger partial charge in [-0.15, -0.1) is 0 Å². The predicted molar refractivity (Wildman–Crippen MR) is 89.7 cm³/mol. The molecule has 128 valence electrons. The monoisotopic (exact) mass is 321 g/mol. The molecule has 1 aromatic heterocycles. The first-order valence-electron chi connectivity index (χ1n) is 7.90. The van der Waals surface area contributed by atoms with Gasteiger partial charge < -0.3 is 19.3 Å². The Kier molecular flexibility index (Phi) is 5.59. The smallest absolute Gasteiger partial charge is 0.248 e. The van der Waals surface area contributed by atoms with Gasteiger partial charge in [-0.05, 0) is 32.9 Å². The number of carbonyl (C=O) groups excluding carboxylic acids is 1. The maximum absolute atomic E-state index is 11.6. The lowest BCUT2D eigenvalue weighted by Gasteiger charge is -2.43. The topological polar surface area (TPSA) is 54.9 Å². The lowest BCUT2D eigenvalue weighted by molar-refractivity contribution is -0.139. The van der Waals surface area contributed by atoms with Gasteiger partial charge in [-0.2, -0.15) is 0 Å². The lowest BCUT2D eigenvalue weighted by atomic mass is 10.0. The van der Waals surface area contributed by atoms with Crippen LogP contribution in [0.15, 0.2) is 18.3 Å².